The molecule has 1 N–H and O–H groups in total. The number of hydrogen-bond acceptors (Lipinski definition) is 2. The normalized spacial score (nSPS) is 15.3. The van der Waals surface area contributed by atoms with Crippen molar-refractivity contribution >= 4 is 33.4 Å². The van der Waals surface area contributed by atoms with Crippen molar-refractivity contribution in [2.75, 3.05) is 13.2 Å². The number of hydrogen-bond donors (Lipinski definition) is 1. The van der Waals surface area contributed by atoms with Gasteiger partial charge in [0, 0.05) is 17.1 Å². The zero-order chi connectivity index (χ0) is 13.1. The Morgan fingerprint density at radius 2 is 2.22 bits per heavy atom. The van der Waals surface area contributed by atoms with E-state index in [0.717, 1.165) is 23.7 Å². The maximum Gasteiger partial charge on any atom is 0.255 e. The largest absolute Gasteiger partial charge is 0.395 e. The fourth-order valence-corrected chi connectivity index (χ4v) is 2.83. The number of aliphatic hydroxyl groups is 1. The van der Waals surface area contributed by atoms with Crippen LogP contribution in [0.4, 0.5) is 0 Å². The number of amides is 1. The Morgan fingerprint density at radius 1 is 1.50 bits per heavy atom. The van der Waals surface area contributed by atoms with Crippen molar-refractivity contribution in [1.29, 1.82) is 0 Å². The molecular weight excluding hydrogens is 318 g/mol. The van der Waals surface area contributed by atoms with Crippen LogP contribution < -0.4 is 0 Å². The van der Waals surface area contributed by atoms with Crippen molar-refractivity contribution in [3.05, 3.63) is 33.3 Å². The van der Waals surface area contributed by atoms with Gasteiger partial charge in [-0.05, 0) is 37.5 Å². The first kappa shape index (κ1) is 13.8. The van der Waals surface area contributed by atoms with Crippen molar-refractivity contribution in [3.63, 3.8) is 0 Å². The molecule has 1 aromatic carbocycles. The first-order chi connectivity index (χ1) is 8.63. The van der Waals surface area contributed by atoms with Crippen molar-refractivity contribution < 1.29 is 9.90 Å². The van der Waals surface area contributed by atoms with E-state index in [1.54, 1.807) is 23.1 Å². The zero-order valence-corrected chi connectivity index (χ0v) is 12.2. The van der Waals surface area contributed by atoms with Gasteiger partial charge in [-0.1, -0.05) is 27.5 Å². The molecule has 18 heavy (non-hydrogen) atoms. The van der Waals surface area contributed by atoms with Gasteiger partial charge in [0.25, 0.3) is 5.91 Å². The Hall–Kier alpha value is -0.580. The molecule has 3 nitrogen and oxygen atoms in total. The minimum atomic E-state index is -0.0914. The lowest BCUT2D eigenvalue weighted by molar-refractivity contribution is 0.0526. The van der Waals surface area contributed by atoms with Crippen LogP contribution in [0.3, 0.4) is 0 Å². The molecule has 0 aliphatic heterocycles. The smallest absolute Gasteiger partial charge is 0.255 e. The molecule has 1 amide bonds. The summed E-state index contributed by atoms with van der Waals surface area (Å²) >= 11 is 9.41. The molecule has 98 valence electrons. The third-order valence-corrected chi connectivity index (χ3v) is 4.08. The lowest BCUT2D eigenvalue weighted by atomic mass is 9.91. The third-order valence-electron chi connectivity index (χ3n) is 3.28. The predicted molar refractivity (Wildman–Crippen MR) is 74.9 cm³/mol. The summed E-state index contributed by atoms with van der Waals surface area (Å²) in [5, 5.41) is 9.52. The Bertz CT molecular complexity index is 449. The van der Waals surface area contributed by atoms with E-state index in [-0.39, 0.29) is 18.6 Å². The monoisotopic (exact) mass is 331 g/mol. The van der Waals surface area contributed by atoms with Crippen molar-refractivity contribution in [2.24, 2.45) is 0 Å². The predicted octanol–water partition coefficient (Wildman–Crippen LogP) is 3.09. The number of halogens is 2. The first-order valence-corrected chi connectivity index (χ1v) is 7.17. The van der Waals surface area contributed by atoms with Crippen LogP contribution in [0.5, 0.6) is 0 Å². The Balaban J connectivity index is 2.21. The van der Waals surface area contributed by atoms with Gasteiger partial charge in [0.05, 0.1) is 17.2 Å². The quantitative estimate of drug-likeness (QED) is 0.920. The lowest BCUT2D eigenvalue weighted by Gasteiger charge is -2.37. The van der Waals surface area contributed by atoms with E-state index in [9.17, 15) is 4.79 Å². The highest BCUT2D eigenvalue weighted by Gasteiger charge is 2.29. The minimum absolute atomic E-state index is 0.0175. The van der Waals surface area contributed by atoms with Crippen LogP contribution in [-0.4, -0.2) is 35.1 Å². The van der Waals surface area contributed by atoms with Gasteiger partial charge in [0.15, 0.2) is 0 Å². The van der Waals surface area contributed by atoms with E-state index in [0.29, 0.717) is 17.1 Å². The topological polar surface area (TPSA) is 40.5 Å². The van der Waals surface area contributed by atoms with Crippen LogP contribution in [0.15, 0.2) is 22.7 Å². The van der Waals surface area contributed by atoms with Gasteiger partial charge in [-0.15, -0.1) is 0 Å². The molecule has 5 heteroatoms. The van der Waals surface area contributed by atoms with Gasteiger partial charge in [0.2, 0.25) is 0 Å². The molecule has 1 aliphatic carbocycles. The number of benzene rings is 1. The van der Waals surface area contributed by atoms with E-state index < -0.39 is 0 Å². The molecule has 1 aromatic rings. The minimum Gasteiger partial charge on any atom is -0.395 e. The number of carbonyl (C=O) groups excluding carboxylic acids is 1. The summed E-state index contributed by atoms with van der Waals surface area (Å²) < 4.78 is 0.849. The van der Waals surface area contributed by atoms with Crippen LogP contribution in [-0.2, 0) is 0 Å². The molecule has 1 aliphatic rings. The lowest BCUT2D eigenvalue weighted by Crippen LogP contribution is -2.45. The molecule has 1 fully saturated rings. The number of nitrogens with zero attached hydrogens (tertiary/aromatic N) is 1. The molecule has 0 spiro atoms. The molecule has 2 rings (SSSR count). The zero-order valence-electron chi connectivity index (χ0n) is 9.90. The fraction of sp³-hybridized carbons (Fsp3) is 0.462. The SMILES string of the molecule is O=C(c1ccc(Br)cc1Cl)N(CCO)C1CCC1. The highest BCUT2D eigenvalue weighted by molar-refractivity contribution is 9.10. The van der Waals surface area contributed by atoms with Gasteiger partial charge in [-0.25, -0.2) is 0 Å². The van der Waals surface area contributed by atoms with Crippen LogP contribution in [0.1, 0.15) is 29.6 Å². The Kier molecular flexibility index (Phi) is 4.65. The maximum atomic E-state index is 12.4. The molecule has 0 aromatic heterocycles. The fourth-order valence-electron chi connectivity index (χ4n) is 2.07. The van der Waals surface area contributed by atoms with E-state index in [2.05, 4.69) is 15.9 Å². The highest BCUT2D eigenvalue weighted by atomic mass is 79.9. The van der Waals surface area contributed by atoms with Crippen LogP contribution in [0, 0.1) is 0 Å². The van der Waals surface area contributed by atoms with Crippen molar-refractivity contribution in [2.45, 2.75) is 25.3 Å². The van der Waals surface area contributed by atoms with Gasteiger partial charge >= 0.3 is 0 Å². The maximum absolute atomic E-state index is 12.4. The van der Waals surface area contributed by atoms with Gasteiger partial charge < -0.3 is 10.0 Å². The molecule has 1 saturated carbocycles. The molecule has 0 heterocycles. The number of carbonyl (C=O) groups is 1. The molecule has 0 atom stereocenters. The van der Waals surface area contributed by atoms with Crippen LogP contribution in [0.25, 0.3) is 0 Å². The van der Waals surface area contributed by atoms with E-state index in [1.165, 1.54) is 0 Å². The molecule has 0 bridgehead atoms. The highest BCUT2D eigenvalue weighted by Crippen LogP contribution is 2.28. The van der Waals surface area contributed by atoms with E-state index in [1.807, 2.05) is 0 Å². The standard InChI is InChI=1S/C13H15BrClNO2/c14-9-4-5-11(12(15)8-9)13(18)16(6-7-17)10-2-1-3-10/h4-5,8,10,17H,1-3,6-7H2. The Labute approximate surface area is 120 Å². The summed E-state index contributed by atoms with van der Waals surface area (Å²) in [4.78, 5) is 14.2. The van der Waals surface area contributed by atoms with E-state index in [4.69, 9.17) is 16.7 Å². The van der Waals surface area contributed by atoms with E-state index >= 15 is 0 Å². The summed E-state index contributed by atoms with van der Waals surface area (Å²) in [6.07, 6.45) is 3.17. The average Bonchev–Trinajstić information content (AvgIpc) is 2.25. The molecular formula is C13H15BrClNO2. The third kappa shape index (κ3) is 2.87. The summed E-state index contributed by atoms with van der Waals surface area (Å²) in [7, 11) is 0. The second-order valence-electron chi connectivity index (χ2n) is 4.43. The summed E-state index contributed by atoms with van der Waals surface area (Å²) in [5.74, 6) is -0.0914. The number of aliphatic hydroxyl groups excluding tert-OH is 1. The molecule has 0 saturated heterocycles. The molecule has 0 unspecified atom stereocenters. The summed E-state index contributed by atoms with van der Waals surface area (Å²) in [6, 6.07) is 5.49. The van der Waals surface area contributed by atoms with Gasteiger partial charge in [0.1, 0.15) is 0 Å². The van der Waals surface area contributed by atoms with Gasteiger partial charge in [-0.3, -0.25) is 4.79 Å². The Morgan fingerprint density at radius 3 is 2.72 bits per heavy atom. The van der Waals surface area contributed by atoms with Crippen molar-refractivity contribution in [3.8, 4) is 0 Å². The second-order valence-corrected chi connectivity index (χ2v) is 5.75. The van der Waals surface area contributed by atoms with Crippen LogP contribution >= 0.6 is 27.5 Å². The number of rotatable bonds is 4. The second kappa shape index (κ2) is 6.04. The average molecular weight is 333 g/mol. The summed E-state index contributed by atoms with van der Waals surface area (Å²) in [5.41, 5.74) is 0.500. The summed E-state index contributed by atoms with van der Waals surface area (Å²) in [6.45, 7) is 0.353. The molecule has 0 radical (unpaired) electrons. The van der Waals surface area contributed by atoms with Crippen molar-refractivity contribution in [1.82, 2.24) is 4.90 Å². The van der Waals surface area contributed by atoms with Crippen LogP contribution in [0.2, 0.25) is 5.02 Å². The van der Waals surface area contributed by atoms with Gasteiger partial charge in [-0.2, -0.15) is 0 Å². The first-order valence-electron chi connectivity index (χ1n) is 6.00.